The van der Waals surface area contributed by atoms with Crippen LogP contribution in [0.4, 0.5) is 0 Å². The van der Waals surface area contributed by atoms with Crippen molar-refractivity contribution in [3.05, 3.63) is 0 Å². The third-order valence-corrected chi connectivity index (χ3v) is 4.65. The van der Waals surface area contributed by atoms with Gasteiger partial charge < -0.3 is 5.32 Å². The predicted octanol–water partition coefficient (Wildman–Crippen LogP) is 2.69. The first kappa shape index (κ1) is 15.3. The summed E-state index contributed by atoms with van der Waals surface area (Å²) >= 11 is 1.96. The van der Waals surface area contributed by atoms with Crippen LogP contribution in [0.15, 0.2) is 0 Å². The Bertz CT molecular complexity index is 225. The van der Waals surface area contributed by atoms with Crippen molar-refractivity contribution in [2.24, 2.45) is 11.3 Å². The van der Waals surface area contributed by atoms with E-state index >= 15 is 0 Å². The molecular formula is C14H30N2S. The van der Waals surface area contributed by atoms with E-state index in [9.17, 15) is 0 Å². The minimum atomic E-state index is 0.362. The standard InChI is InChI=1S/C14H30N2S/c1-11(10-17-6)8-16-9-13(14(3,4)5)15-7-12(16)2/h11-13,15H,7-10H2,1-6H3. The van der Waals surface area contributed by atoms with Gasteiger partial charge in [-0.15, -0.1) is 0 Å². The second kappa shape index (κ2) is 6.44. The summed E-state index contributed by atoms with van der Waals surface area (Å²) in [5, 5.41) is 3.70. The molecule has 0 aromatic heterocycles. The van der Waals surface area contributed by atoms with Crippen LogP contribution in [0.3, 0.4) is 0 Å². The molecule has 2 nitrogen and oxygen atoms in total. The second-order valence-corrected chi connectivity index (χ2v) is 7.60. The van der Waals surface area contributed by atoms with Crippen LogP contribution >= 0.6 is 11.8 Å². The molecule has 1 heterocycles. The molecule has 3 unspecified atom stereocenters. The van der Waals surface area contributed by atoms with Gasteiger partial charge >= 0.3 is 0 Å². The lowest BCUT2D eigenvalue weighted by molar-refractivity contribution is 0.0844. The molecule has 3 atom stereocenters. The molecule has 1 aliphatic rings. The molecule has 1 rings (SSSR count). The average molecular weight is 258 g/mol. The van der Waals surface area contributed by atoms with Crippen LogP contribution in [0.1, 0.15) is 34.6 Å². The first-order valence-electron chi connectivity index (χ1n) is 6.81. The van der Waals surface area contributed by atoms with E-state index < -0.39 is 0 Å². The molecule has 17 heavy (non-hydrogen) atoms. The van der Waals surface area contributed by atoms with Crippen molar-refractivity contribution < 1.29 is 0 Å². The predicted molar refractivity (Wildman–Crippen MR) is 79.8 cm³/mol. The average Bonchev–Trinajstić information content (AvgIpc) is 2.20. The molecule has 102 valence electrons. The maximum atomic E-state index is 3.70. The summed E-state index contributed by atoms with van der Waals surface area (Å²) in [5.74, 6) is 2.07. The van der Waals surface area contributed by atoms with E-state index in [0.717, 1.165) is 12.5 Å². The smallest absolute Gasteiger partial charge is 0.0244 e. The Balaban J connectivity index is 2.52. The van der Waals surface area contributed by atoms with E-state index in [1.54, 1.807) is 0 Å². The fraction of sp³-hybridized carbons (Fsp3) is 1.00. The molecule has 3 heteroatoms. The molecule has 1 N–H and O–H groups in total. The van der Waals surface area contributed by atoms with Crippen molar-refractivity contribution in [3.8, 4) is 0 Å². The summed E-state index contributed by atoms with van der Waals surface area (Å²) in [4.78, 5) is 2.67. The summed E-state index contributed by atoms with van der Waals surface area (Å²) in [6.45, 7) is 15.3. The van der Waals surface area contributed by atoms with Crippen LogP contribution in [-0.4, -0.2) is 48.6 Å². The summed E-state index contributed by atoms with van der Waals surface area (Å²) in [6, 6.07) is 1.30. The van der Waals surface area contributed by atoms with Crippen molar-refractivity contribution in [3.63, 3.8) is 0 Å². The highest BCUT2D eigenvalue weighted by molar-refractivity contribution is 7.98. The van der Waals surface area contributed by atoms with Crippen molar-refractivity contribution in [2.45, 2.75) is 46.7 Å². The molecular weight excluding hydrogens is 228 g/mol. The van der Waals surface area contributed by atoms with E-state index in [4.69, 9.17) is 0 Å². The van der Waals surface area contributed by atoms with E-state index in [0.29, 0.717) is 17.5 Å². The molecule has 0 aromatic carbocycles. The van der Waals surface area contributed by atoms with Crippen LogP contribution in [0.5, 0.6) is 0 Å². The molecule has 0 saturated carbocycles. The summed E-state index contributed by atoms with van der Waals surface area (Å²) in [6.07, 6.45) is 2.20. The van der Waals surface area contributed by atoms with Crippen molar-refractivity contribution in [1.29, 1.82) is 0 Å². The Morgan fingerprint density at radius 3 is 2.59 bits per heavy atom. The van der Waals surface area contributed by atoms with Gasteiger partial charge in [0.1, 0.15) is 0 Å². The van der Waals surface area contributed by atoms with Gasteiger partial charge in [-0.3, -0.25) is 4.90 Å². The highest BCUT2D eigenvalue weighted by Crippen LogP contribution is 2.24. The molecule has 0 spiro atoms. The molecule has 0 aromatic rings. The number of hydrogen-bond donors (Lipinski definition) is 1. The molecule has 0 radical (unpaired) electrons. The van der Waals surface area contributed by atoms with Gasteiger partial charge in [0.2, 0.25) is 0 Å². The third kappa shape index (κ3) is 4.80. The Kier molecular flexibility index (Phi) is 5.81. The zero-order valence-corrected chi connectivity index (χ0v) is 13.2. The molecule has 1 saturated heterocycles. The van der Waals surface area contributed by atoms with Crippen LogP contribution in [-0.2, 0) is 0 Å². The van der Waals surface area contributed by atoms with Gasteiger partial charge in [0.15, 0.2) is 0 Å². The maximum Gasteiger partial charge on any atom is 0.0244 e. The SMILES string of the molecule is CSCC(C)CN1CC(C(C)(C)C)NCC1C. The zero-order chi connectivity index (χ0) is 13.1. The quantitative estimate of drug-likeness (QED) is 0.835. The number of nitrogens with zero attached hydrogens (tertiary/aromatic N) is 1. The fourth-order valence-corrected chi connectivity index (χ4v) is 3.17. The minimum Gasteiger partial charge on any atom is -0.311 e. The molecule has 0 aliphatic carbocycles. The van der Waals surface area contributed by atoms with Crippen LogP contribution in [0.25, 0.3) is 0 Å². The minimum absolute atomic E-state index is 0.362. The maximum absolute atomic E-state index is 3.70. The second-order valence-electron chi connectivity index (χ2n) is 6.69. The lowest BCUT2D eigenvalue weighted by atomic mass is 9.84. The van der Waals surface area contributed by atoms with Crippen LogP contribution < -0.4 is 5.32 Å². The Labute approximate surface area is 112 Å². The van der Waals surface area contributed by atoms with Crippen LogP contribution in [0, 0.1) is 11.3 Å². The van der Waals surface area contributed by atoms with Crippen molar-refractivity contribution >= 4 is 11.8 Å². The van der Waals surface area contributed by atoms with E-state index in [2.05, 4.69) is 51.1 Å². The number of piperazine rings is 1. The summed E-state index contributed by atoms with van der Waals surface area (Å²) in [7, 11) is 0. The summed E-state index contributed by atoms with van der Waals surface area (Å²) in [5.41, 5.74) is 0.362. The largest absolute Gasteiger partial charge is 0.311 e. The first-order valence-corrected chi connectivity index (χ1v) is 8.20. The van der Waals surface area contributed by atoms with Crippen molar-refractivity contribution in [1.82, 2.24) is 10.2 Å². The van der Waals surface area contributed by atoms with E-state index in [1.807, 2.05) is 11.8 Å². The number of rotatable bonds is 4. The third-order valence-electron chi connectivity index (χ3n) is 3.74. The lowest BCUT2D eigenvalue weighted by Gasteiger charge is -2.44. The molecule has 1 aliphatic heterocycles. The van der Waals surface area contributed by atoms with Gasteiger partial charge in [-0.25, -0.2) is 0 Å². The Morgan fingerprint density at radius 2 is 2.06 bits per heavy atom. The number of thioether (sulfide) groups is 1. The van der Waals surface area contributed by atoms with Gasteiger partial charge in [-0.2, -0.15) is 11.8 Å². The zero-order valence-electron chi connectivity index (χ0n) is 12.4. The van der Waals surface area contributed by atoms with Gasteiger partial charge in [-0.1, -0.05) is 27.7 Å². The van der Waals surface area contributed by atoms with Crippen LogP contribution in [0.2, 0.25) is 0 Å². The van der Waals surface area contributed by atoms with E-state index in [1.165, 1.54) is 18.8 Å². The van der Waals surface area contributed by atoms with E-state index in [-0.39, 0.29) is 0 Å². The highest BCUT2D eigenvalue weighted by Gasteiger charge is 2.32. The van der Waals surface area contributed by atoms with Crippen molar-refractivity contribution in [2.75, 3.05) is 31.6 Å². The fourth-order valence-electron chi connectivity index (χ4n) is 2.49. The Morgan fingerprint density at radius 1 is 1.41 bits per heavy atom. The normalized spacial score (nSPS) is 29.3. The molecule has 1 fully saturated rings. The van der Waals surface area contributed by atoms with Gasteiger partial charge in [0, 0.05) is 31.7 Å². The Hall–Kier alpha value is 0.270. The lowest BCUT2D eigenvalue weighted by Crippen LogP contribution is -2.60. The molecule has 0 bridgehead atoms. The molecule has 0 amide bonds. The number of nitrogens with one attached hydrogen (secondary N) is 1. The van der Waals surface area contributed by atoms with Gasteiger partial charge in [0.05, 0.1) is 0 Å². The summed E-state index contributed by atoms with van der Waals surface area (Å²) < 4.78 is 0. The van der Waals surface area contributed by atoms with Gasteiger partial charge in [0.25, 0.3) is 0 Å². The van der Waals surface area contributed by atoms with Gasteiger partial charge in [-0.05, 0) is 30.3 Å². The monoisotopic (exact) mass is 258 g/mol. The highest BCUT2D eigenvalue weighted by atomic mass is 32.2. The number of hydrogen-bond acceptors (Lipinski definition) is 3. The topological polar surface area (TPSA) is 15.3 Å². The first-order chi connectivity index (χ1) is 7.84.